The number of aromatic amines is 1. The lowest BCUT2D eigenvalue weighted by molar-refractivity contribution is -0.142. The largest absolute Gasteiger partial charge is 0.481 e. The third-order valence-corrected chi connectivity index (χ3v) is 3.13. The van der Waals surface area contributed by atoms with E-state index >= 15 is 0 Å². The highest BCUT2D eigenvalue weighted by Crippen LogP contribution is 2.10. The Morgan fingerprint density at radius 2 is 1.95 bits per heavy atom. The molecule has 1 rings (SSSR count). The van der Waals surface area contributed by atoms with E-state index in [2.05, 4.69) is 15.5 Å². The number of hydrogen-bond acceptors (Lipinski definition) is 4. The Hall–Kier alpha value is -2.38. The van der Waals surface area contributed by atoms with Crippen molar-refractivity contribution < 1.29 is 24.6 Å². The Labute approximate surface area is 121 Å². The predicted molar refractivity (Wildman–Crippen MR) is 72.8 cm³/mol. The predicted octanol–water partition coefficient (Wildman–Crippen LogP) is 0.393. The van der Waals surface area contributed by atoms with E-state index in [1.54, 1.807) is 13.8 Å². The third kappa shape index (κ3) is 5.25. The summed E-state index contributed by atoms with van der Waals surface area (Å²) in [6.45, 7) is 3.54. The minimum atomic E-state index is -1.17. The second-order valence-corrected chi connectivity index (χ2v) is 4.83. The molecule has 116 valence electrons. The van der Waals surface area contributed by atoms with Crippen molar-refractivity contribution in [1.29, 1.82) is 0 Å². The summed E-state index contributed by atoms with van der Waals surface area (Å²) in [6, 6.07) is -1.08. The molecule has 0 saturated heterocycles. The molecule has 0 aliphatic heterocycles. The van der Waals surface area contributed by atoms with E-state index in [9.17, 15) is 14.4 Å². The fraction of sp³-hybridized carbons (Fsp3) is 0.538. The molecule has 4 N–H and O–H groups in total. The molecule has 1 aromatic rings. The first-order valence-electron chi connectivity index (χ1n) is 6.55. The van der Waals surface area contributed by atoms with Gasteiger partial charge in [-0.05, 0) is 26.7 Å². The van der Waals surface area contributed by atoms with Crippen LogP contribution in [0, 0.1) is 13.8 Å². The summed E-state index contributed by atoms with van der Waals surface area (Å²) in [5.74, 6) is -2.59. The fourth-order valence-electron chi connectivity index (χ4n) is 1.96. The first kappa shape index (κ1) is 16.7. The summed E-state index contributed by atoms with van der Waals surface area (Å²) in [6.07, 6.45) is 0.184. The van der Waals surface area contributed by atoms with Crippen LogP contribution in [-0.2, 0) is 20.8 Å². The lowest BCUT2D eigenvalue weighted by Gasteiger charge is -2.14. The molecule has 0 unspecified atom stereocenters. The molecule has 1 amide bonds. The Morgan fingerprint density at radius 3 is 2.43 bits per heavy atom. The SMILES string of the molecule is Cc1n[nH]c(C)c1CC(=O)N[C@H](CCCC(=O)O)C(=O)O. The average molecular weight is 297 g/mol. The van der Waals surface area contributed by atoms with Gasteiger partial charge in [0.2, 0.25) is 5.91 Å². The minimum absolute atomic E-state index is 0.0386. The zero-order valence-electron chi connectivity index (χ0n) is 12.0. The van der Waals surface area contributed by atoms with Crippen molar-refractivity contribution in [3.05, 3.63) is 17.0 Å². The normalized spacial score (nSPS) is 11.9. The van der Waals surface area contributed by atoms with Gasteiger partial charge in [0.1, 0.15) is 6.04 Å². The van der Waals surface area contributed by atoms with Crippen molar-refractivity contribution in [1.82, 2.24) is 15.5 Å². The molecular formula is C13H19N3O5. The molecule has 0 aromatic carbocycles. The maximum Gasteiger partial charge on any atom is 0.326 e. The minimum Gasteiger partial charge on any atom is -0.481 e. The van der Waals surface area contributed by atoms with Crippen LogP contribution >= 0.6 is 0 Å². The molecule has 21 heavy (non-hydrogen) atoms. The number of nitrogens with zero attached hydrogens (tertiary/aromatic N) is 1. The summed E-state index contributed by atoms with van der Waals surface area (Å²) in [7, 11) is 0. The van der Waals surface area contributed by atoms with Crippen molar-refractivity contribution in [3.8, 4) is 0 Å². The quantitative estimate of drug-likeness (QED) is 0.549. The van der Waals surface area contributed by atoms with Gasteiger partial charge in [0.25, 0.3) is 0 Å². The zero-order valence-corrected chi connectivity index (χ0v) is 12.0. The van der Waals surface area contributed by atoms with E-state index in [0.29, 0.717) is 5.69 Å². The molecule has 0 saturated carbocycles. The highest BCUT2D eigenvalue weighted by atomic mass is 16.4. The van der Waals surface area contributed by atoms with Crippen molar-refractivity contribution in [2.75, 3.05) is 0 Å². The fourth-order valence-corrected chi connectivity index (χ4v) is 1.96. The van der Waals surface area contributed by atoms with E-state index in [1.807, 2.05) is 0 Å². The van der Waals surface area contributed by atoms with Crippen LogP contribution in [0.25, 0.3) is 0 Å². The summed E-state index contributed by atoms with van der Waals surface area (Å²) in [5, 5.41) is 26.7. The van der Waals surface area contributed by atoms with E-state index in [-0.39, 0.29) is 25.7 Å². The number of carbonyl (C=O) groups is 3. The molecule has 0 radical (unpaired) electrons. The number of carbonyl (C=O) groups excluding carboxylic acids is 1. The Morgan fingerprint density at radius 1 is 1.29 bits per heavy atom. The van der Waals surface area contributed by atoms with Gasteiger partial charge in [0, 0.05) is 17.7 Å². The van der Waals surface area contributed by atoms with Gasteiger partial charge >= 0.3 is 11.9 Å². The Bertz CT molecular complexity index is 518. The van der Waals surface area contributed by atoms with Crippen LogP contribution in [0.5, 0.6) is 0 Å². The monoisotopic (exact) mass is 297 g/mol. The smallest absolute Gasteiger partial charge is 0.326 e. The van der Waals surface area contributed by atoms with Crippen LogP contribution in [-0.4, -0.2) is 44.3 Å². The van der Waals surface area contributed by atoms with Crippen molar-refractivity contribution in [2.45, 2.75) is 45.6 Å². The lowest BCUT2D eigenvalue weighted by atomic mass is 10.1. The maximum absolute atomic E-state index is 11.9. The molecule has 1 heterocycles. The van der Waals surface area contributed by atoms with Crippen LogP contribution in [0.4, 0.5) is 0 Å². The second-order valence-electron chi connectivity index (χ2n) is 4.83. The number of nitrogens with one attached hydrogen (secondary N) is 2. The average Bonchev–Trinajstić information content (AvgIpc) is 2.68. The number of rotatable bonds is 8. The lowest BCUT2D eigenvalue weighted by Crippen LogP contribution is -2.41. The number of carboxylic acids is 2. The number of amides is 1. The molecule has 0 fully saturated rings. The number of hydrogen-bond donors (Lipinski definition) is 4. The van der Waals surface area contributed by atoms with Crippen LogP contribution in [0.15, 0.2) is 0 Å². The van der Waals surface area contributed by atoms with Gasteiger partial charge in [-0.25, -0.2) is 4.79 Å². The van der Waals surface area contributed by atoms with Gasteiger partial charge in [-0.1, -0.05) is 0 Å². The van der Waals surface area contributed by atoms with Gasteiger partial charge < -0.3 is 15.5 Å². The molecule has 0 bridgehead atoms. The van der Waals surface area contributed by atoms with E-state index < -0.39 is 23.9 Å². The number of aryl methyl sites for hydroxylation is 2. The Kier molecular flexibility index (Phi) is 5.89. The molecule has 0 aliphatic rings. The summed E-state index contributed by atoms with van der Waals surface area (Å²) in [5.41, 5.74) is 2.20. The summed E-state index contributed by atoms with van der Waals surface area (Å²) >= 11 is 0. The van der Waals surface area contributed by atoms with Gasteiger partial charge in [-0.15, -0.1) is 0 Å². The molecule has 8 nitrogen and oxygen atoms in total. The zero-order chi connectivity index (χ0) is 16.0. The first-order valence-corrected chi connectivity index (χ1v) is 6.55. The van der Waals surface area contributed by atoms with Crippen LogP contribution < -0.4 is 5.32 Å². The Balaban J connectivity index is 2.56. The highest BCUT2D eigenvalue weighted by molar-refractivity contribution is 5.85. The van der Waals surface area contributed by atoms with Gasteiger partial charge in [-0.2, -0.15) is 5.10 Å². The maximum atomic E-state index is 11.9. The van der Waals surface area contributed by atoms with Crippen molar-refractivity contribution in [3.63, 3.8) is 0 Å². The van der Waals surface area contributed by atoms with Crippen molar-refractivity contribution in [2.24, 2.45) is 0 Å². The van der Waals surface area contributed by atoms with Crippen molar-refractivity contribution >= 4 is 17.8 Å². The topological polar surface area (TPSA) is 132 Å². The molecule has 1 atom stereocenters. The summed E-state index contributed by atoms with van der Waals surface area (Å²) < 4.78 is 0. The standard InChI is InChI=1S/C13H19N3O5/c1-7-9(8(2)16-15-7)6-11(17)14-10(13(20)21)4-3-5-12(18)19/h10H,3-6H2,1-2H3,(H,14,17)(H,15,16)(H,18,19)(H,20,21)/t10-/m1/s1. The van der Waals surface area contributed by atoms with Gasteiger partial charge in [-0.3, -0.25) is 14.7 Å². The van der Waals surface area contributed by atoms with Crippen LogP contribution in [0.2, 0.25) is 0 Å². The molecule has 0 aliphatic carbocycles. The third-order valence-electron chi connectivity index (χ3n) is 3.13. The first-order chi connectivity index (χ1) is 9.81. The number of aromatic nitrogens is 2. The second kappa shape index (κ2) is 7.41. The molecule has 8 heteroatoms. The van der Waals surface area contributed by atoms with E-state index in [4.69, 9.17) is 10.2 Å². The number of carboxylic acid groups (broad SMARTS) is 2. The summed E-state index contributed by atoms with van der Waals surface area (Å²) in [4.78, 5) is 33.4. The van der Waals surface area contributed by atoms with Crippen LogP contribution in [0.3, 0.4) is 0 Å². The number of aliphatic carboxylic acids is 2. The molecule has 0 spiro atoms. The molecule has 1 aromatic heterocycles. The number of H-pyrrole nitrogens is 1. The van der Waals surface area contributed by atoms with E-state index in [0.717, 1.165) is 11.3 Å². The molecular weight excluding hydrogens is 278 g/mol. The van der Waals surface area contributed by atoms with Gasteiger partial charge in [0.05, 0.1) is 12.1 Å². The highest BCUT2D eigenvalue weighted by Gasteiger charge is 2.21. The van der Waals surface area contributed by atoms with Gasteiger partial charge in [0.15, 0.2) is 0 Å². The van der Waals surface area contributed by atoms with E-state index in [1.165, 1.54) is 0 Å². The van der Waals surface area contributed by atoms with Crippen LogP contribution in [0.1, 0.15) is 36.2 Å².